The van der Waals surface area contributed by atoms with Gasteiger partial charge in [0.05, 0.1) is 0 Å². The molecule has 5 heteroatoms. The lowest BCUT2D eigenvalue weighted by molar-refractivity contribution is 0.489. The lowest BCUT2D eigenvalue weighted by atomic mass is 10.4. The molecule has 0 aromatic heterocycles. The molecule has 0 fully saturated rings. The van der Waals surface area contributed by atoms with Gasteiger partial charge in [-0.25, -0.2) is 0 Å². The van der Waals surface area contributed by atoms with Gasteiger partial charge in [-0.05, 0) is 20.7 Å². The zero-order valence-corrected chi connectivity index (χ0v) is 19.9. The average Bonchev–Trinajstić information content (AvgIpc) is 2.81. The van der Waals surface area contributed by atoms with Crippen molar-refractivity contribution >= 4 is 48.8 Å². The molecule has 0 saturated heterocycles. The molecule has 0 saturated carbocycles. The van der Waals surface area contributed by atoms with Gasteiger partial charge in [-0.1, -0.05) is 121 Å². The van der Waals surface area contributed by atoms with E-state index in [1.807, 2.05) is 0 Å². The highest BCUT2D eigenvalue weighted by Crippen LogP contribution is 1.98. The third kappa shape index (κ3) is 5.29. The topological polar surface area (TPSA) is 18.5 Å². The van der Waals surface area contributed by atoms with Crippen molar-refractivity contribution in [2.24, 2.45) is 0 Å². The van der Waals surface area contributed by atoms with E-state index in [1.165, 1.54) is 20.7 Å². The molecule has 0 aliphatic rings. The second-order valence-electron chi connectivity index (χ2n) is 6.85. The van der Waals surface area contributed by atoms with Crippen molar-refractivity contribution in [1.29, 1.82) is 0 Å². The van der Waals surface area contributed by atoms with Gasteiger partial charge < -0.3 is 8.23 Å². The van der Waals surface area contributed by atoms with E-state index in [-0.39, 0.29) is 0 Å². The number of rotatable bonds is 8. The fourth-order valence-electron chi connectivity index (χ4n) is 3.46. The van der Waals surface area contributed by atoms with Crippen molar-refractivity contribution in [3.8, 4) is 0 Å². The summed E-state index contributed by atoms with van der Waals surface area (Å²) in [5.41, 5.74) is 0. The third-order valence-corrected chi connectivity index (χ3v) is 12.6. The van der Waals surface area contributed by atoms with Crippen LogP contribution in [0.3, 0.4) is 0 Å². The quantitative estimate of drug-likeness (QED) is 0.391. The molecule has 0 unspecified atom stereocenters. The van der Waals surface area contributed by atoms with E-state index in [0.717, 1.165) is 0 Å². The maximum atomic E-state index is 6.58. The second kappa shape index (κ2) is 10.3. The maximum absolute atomic E-state index is 6.58. The van der Waals surface area contributed by atoms with Crippen LogP contribution in [-0.4, -0.2) is 28.1 Å². The summed E-state index contributed by atoms with van der Waals surface area (Å²) < 4.78 is 13.2. The van der Waals surface area contributed by atoms with Gasteiger partial charge in [0.15, 0.2) is 0 Å². The molecule has 0 aliphatic carbocycles. The zero-order valence-electron chi connectivity index (χ0n) is 16.2. The molecule has 0 atom stereocenters. The summed E-state index contributed by atoms with van der Waals surface area (Å²) in [6.07, 6.45) is 0. The molecule has 0 spiro atoms. The zero-order chi connectivity index (χ0) is 19.7. The van der Waals surface area contributed by atoms with E-state index in [4.69, 9.17) is 8.23 Å². The Morgan fingerprint density at radius 3 is 0.862 bits per heavy atom. The predicted octanol–water partition coefficient (Wildman–Crippen LogP) is 1.09. The van der Waals surface area contributed by atoms with Gasteiger partial charge in [0.25, 0.3) is 10.0 Å². The molecule has 29 heavy (non-hydrogen) atoms. The lowest BCUT2D eigenvalue weighted by Crippen LogP contribution is -2.50. The summed E-state index contributed by atoms with van der Waals surface area (Å²) in [5.74, 6) is 0. The standard InChI is InChI=1S/C24H24O2Si3/c1-5-13-21(14-6-1)28(22-15-7-2-8-16-22)25-27-26-29(23-17-9-3-10-18-23)24-19-11-4-12-20-24/h1-20,28-29H,27H2. The van der Waals surface area contributed by atoms with E-state index >= 15 is 0 Å². The van der Waals surface area contributed by atoms with Gasteiger partial charge in [0.1, 0.15) is 0 Å². The van der Waals surface area contributed by atoms with Gasteiger partial charge in [-0.3, -0.25) is 0 Å². The number of benzene rings is 4. The highest BCUT2D eigenvalue weighted by molar-refractivity contribution is 6.85. The smallest absolute Gasteiger partial charge is 0.284 e. The molecule has 2 nitrogen and oxygen atoms in total. The van der Waals surface area contributed by atoms with Crippen LogP contribution in [-0.2, 0) is 8.23 Å². The Kier molecular flexibility index (Phi) is 7.01. The minimum Gasteiger partial charge on any atom is -0.436 e. The largest absolute Gasteiger partial charge is 0.436 e. The summed E-state index contributed by atoms with van der Waals surface area (Å²) in [7, 11) is -4.61. The van der Waals surface area contributed by atoms with Crippen molar-refractivity contribution in [3.63, 3.8) is 0 Å². The van der Waals surface area contributed by atoms with Crippen LogP contribution in [0.4, 0.5) is 0 Å². The Labute approximate surface area is 178 Å². The number of hydrogen-bond donors (Lipinski definition) is 0. The molecular weight excluding hydrogens is 405 g/mol. The van der Waals surface area contributed by atoms with Gasteiger partial charge in [-0.2, -0.15) is 0 Å². The monoisotopic (exact) mass is 428 g/mol. The van der Waals surface area contributed by atoms with Crippen LogP contribution in [0.5, 0.6) is 0 Å². The Morgan fingerprint density at radius 2 is 0.621 bits per heavy atom. The molecule has 4 aromatic carbocycles. The molecule has 0 bridgehead atoms. The highest BCUT2D eigenvalue weighted by Gasteiger charge is 2.21. The highest BCUT2D eigenvalue weighted by atomic mass is 28.4. The first kappa shape index (κ1) is 19.8. The van der Waals surface area contributed by atoms with Gasteiger partial charge in [0.2, 0.25) is 18.1 Å². The van der Waals surface area contributed by atoms with Crippen LogP contribution in [0, 0.1) is 0 Å². The Hall–Kier alpha value is -2.55. The van der Waals surface area contributed by atoms with E-state index in [1.54, 1.807) is 0 Å². The SMILES string of the molecule is c1ccc([SiH](O[SiH2]O[SiH](c2ccccc2)c2ccccc2)c2ccccc2)cc1. The third-order valence-electron chi connectivity index (χ3n) is 4.88. The fourth-order valence-corrected chi connectivity index (χ4v) is 11.7. The average molecular weight is 429 g/mol. The summed E-state index contributed by atoms with van der Waals surface area (Å²) in [4.78, 5) is 0. The van der Waals surface area contributed by atoms with Crippen molar-refractivity contribution in [2.45, 2.75) is 0 Å². The first-order valence-corrected chi connectivity index (χ1v) is 14.3. The Bertz CT molecular complexity index is 822. The molecule has 0 heterocycles. The molecule has 4 rings (SSSR count). The maximum Gasteiger partial charge on any atom is 0.284 e. The van der Waals surface area contributed by atoms with E-state index in [2.05, 4.69) is 121 Å². The Morgan fingerprint density at radius 1 is 0.379 bits per heavy atom. The summed E-state index contributed by atoms with van der Waals surface area (Å²) in [6.45, 7) is 0. The van der Waals surface area contributed by atoms with Crippen LogP contribution in [0.1, 0.15) is 0 Å². The predicted molar refractivity (Wildman–Crippen MR) is 129 cm³/mol. The molecule has 0 amide bonds. The lowest BCUT2D eigenvalue weighted by Gasteiger charge is -2.21. The summed E-state index contributed by atoms with van der Waals surface area (Å²) in [6, 6.07) is 42.4. The van der Waals surface area contributed by atoms with Crippen LogP contribution in [0.15, 0.2) is 121 Å². The number of hydrogen-bond acceptors (Lipinski definition) is 2. The van der Waals surface area contributed by atoms with Crippen LogP contribution >= 0.6 is 0 Å². The van der Waals surface area contributed by atoms with Crippen LogP contribution in [0.25, 0.3) is 0 Å². The van der Waals surface area contributed by atoms with Crippen molar-refractivity contribution < 1.29 is 8.23 Å². The molecule has 4 aromatic rings. The van der Waals surface area contributed by atoms with Gasteiger partial charge in [0, 0.05) is 0 Å². The van der Waals surface area contributed by atoms with Crippen molar-refractivity contribution in [3.05, 3.63) is 121 Å². The molecule has 0 radical (unpaired) electrons. The minimum atomic E-state index is -1.74. The first-order valence-electron chi connectivity index (χ1n) is 9.85. The summed E-state index contributed by atoms with van der Waals surface area (Å²) in [5, 5.41) is 5.19. The molecule has 144 valence electrons. The van der Waals surface area contributed by atoms with Gasteiger partial charge in [-0.15, -0.1) is 0 Å². The van der Waals surface area contributed by atoms with E-state index in [0.29, 0.717) is 0 Å². The van der Waals surface area contributed by atoms with Crippen molar-refractivity contribution in [2.75, 3.05) is 0 Å². The van der Waals surface area contributed by atoms with E-state index in [9.17, 15) is 0 Å². The normalized spacial score (nSPS) is 11.1. The molecule has 0 N–H and O–H groups in total. The van der Waals surface area contributed by atoms with Gasteiger partial charge >= 0.3 is 0 Å². The fraction of sp³-hybridized carbons (Fsp3) is 0. The Balaban J connectivity index is 1.53. The van der Waals surface area contributed by atoms with Crippen molar-refractivity contribution in [1.82, 2.24) is 0 Å². The van der Waals surface area contributed by atoms with Crippen LogP contribution in [0.2, 0.25) is 0 Å². The van der Waals surface area contributed by atoms with E-state index < -0.39 is 28.1 Å². The second-order valence-corrected chi connectivity index (χ2v) is 13.9. The summed E-state index contributed by atoms with van der Waals surface area (Å²) >= 11 is 0. The van der Waals surface area contributed by atoms with Crippen LogP contribution < -0.4 is 20.7 Å². The molecular formula is C24H24O2Si3. The molecule has 0 aliphatic heterocycles. The first-order chi connectivity index (χ1) is 14.4. The minimum absolute atomic E-state index is 1.14.